The zero-order chi connectivity index (χ0) is 13.6. The molecule has 106 valence electrons. The van der Waals surface area contributed by atoms with E-state index in [-0.39, 0.29) is 17.9 Å². The number of hydrogen-bond donors (Lipinski definition) is 2. The molecule has 0 saturated heterocycles. The van der Waals surface area contributed by atoms with Crippen LogP contribution >= 0.6 is 0 Å². The van der Waals surface area contributed by atoms with E-state index in [4.69, 9.17) is 0 Å². The van der Waals surface area contributed by atoms with E-state index in [1.807, 2.05) is 6.92 Å². The Morgan fingerprint density at radius 2 is 1.72 bits per heavy atom. The van der Waals surface area contributed by atoms with Gasteiger partial charge >= 0.3 is 0 Å². The third-order valence-electron chi connectivity index (χ3n) is 6.18. The lowest BCUT2D eigenvalue weighted by Gasteiger charge is -2.61. The Bertz CT molecular complexity index is 308. The van der Waals surface area contributed by atoms with Crippen LogP contribution in [-0.4, -0.2) is 22.4 Å². The average Bonchev–Trinajstić information content (AvgIpc) is 2.22. The molecule has 0 aromatic carbocycles. The molecule has 2 aliphatic carbocycles. The van der Waals surface area contributed by atoms with Gasteiger partial charge in [0.15, 0.2) is 0 Å². The molecule has 0 aromatic heterocycles. The molecule has 2 aliphatic rings. The minimum absolute atomic E-state index is 0.198. The van der Waals surface area contributed by atoms with Crippen LogP contribution in [0.15, 0.2) is 0 Å². The molecule has 0 aromatic rings. The summed E-state index contributed by atoms with van der Waals surface area (Å²) in [6.07, 6.45) is 6.55. The molecule has 2 rings (SSSR count). The zero-order valence-electron chi connectivity index (χ0n) is 12.5. The van der Waals surface area contributed by atoms with Gasteiger partial charge in [-0.25, -0.2) is 0 Å². The average molecular weight is 254 g/mol. The van der Waals surface area contributed by atoms with E-state index in [9.17, 15) is 10.2 Å². The van der Waals surface area contributed by atoms with Crippen LogP contribution in [0, 0.1) is 22.7 Å². The largest absolute Gasteiger partial charge is 0.396 e. The van der Waals surface area contributed by atoms with Crippen LogP contribution in [0.3, 0.4) is 0 Å². The molecule has 0 aliphatic heterocycles. The summed E-state index contributed by atoms with van der Waals surface area (Å²) in [4.78, 5) is 0. The summed E-state index contributed by atoms with van der Waals surface area (Å²) in [6.45, 7) is 9.34. The quantitative estimate of drug-likeness (QED) is 0.793. The number of aliphatic hydroxyl groups is 2. The van der Waals surface area contributed by atoms with Crippen molar-refractivity contribution in [2.45, 2.75) is 71.8 Å². The first-order chi connectivity index (χ1) is 8.24. The first kappa shape index (κ1) is 14.3. The van der Waals surface area contributed by atoms with Crippen molar-refractivity contribution in [1.29, 1.82) is 0 Å². The molecule has 2 nitrogen and oxygen atoms in total. The molecule has 0 spiro atoms. The fourth-order valence-electron chi connectivity index (χ4n) is 5.39. The van der Waals surface area contributed by atoms with Crippen LogP contribution in [0.2, 0.25) is 0 Å². The second-order valence-electron chi connectivity index (χ2n) is 7.86. The topological polar surface area (TPSA) is 40.5 Å². The fraction of sp³-hybridized carbons (Fsp3) is 1.00. The minimum atomic E-state index is -0.596. The molecule has 18 heavy (non-hydrogen) atoms. The SMILES string of the molecule is CC1(C)CCC[C@]2(C)[C@H]1CC[C@](C)(O)[C@H]2CCO. The van der Waals surface area contributed by atoms with Crippen LogP contribution in [0.4, 0.5) is 0 Å². The molecule has 2 fully saturated rings. The van der Waals surface area contributed by atoms with E-state index in [1.54, 1.807) is 0 Å². The van der Waals surface area contributed by atoms with Crippen LogP contribution in [0.1, 0.15) is 66.2 Å². The van der Waals surface area contributed by atoms with Gasteiger partial charge in [0.2, 0.25) is 0 Å². The molecular weight excluding hydrogens is 224 g/mol. The van der Waals surface area contributed by atoms with Gasteiger partial charge in [0.1, 0.15) is 0 Å². The zero-order valence-corrected chi connectivity index (χ0v) is 12.5. The second-order valence-corrected chi connectivity index (χ2v) is 7.86. The van der Waals surface area contributed by atoms with Crippen LogP contribution in [0.5, 0.6) is 0 Å². The molecule has 2 saturated carbocycles. The lowest BCUT2D eigenvalue weighted by molar-refractivity contribution is -0.171. The molecule has 0 bridgehead atoms. The van der Waals surface area contributed by atoms with Crippen molar-refractivity contribution in [1.82, 2.24) is 0 Å². The molecule has 0 heterocycles. The number of hydrogen-bond acceptors (Lipinski definition) is 2. The highest BCUT2D eigenvalue weighted by atomic mass is 16.3. The van der Waals surface area contributed by atoms with Crippen molar-refractivity contribution in [3.63, 3.8) is 0 Å². The Hall–Kier alpha value is -0.0800. The van der Waals surface area contributed by atoms with Gasteiger partial charge in [-0.2, -0.15) is 0 Å². The van der Waals surface area contributed by atoms with E-state index in [2.05, 4.69) is 20.8 Å². The smallest absolute Gasteiger partial charge is 0.0654 e. The van der Waals surface area contributed by atoms with Crippen molar-refractivity contribution in [2.75, 3.05) is 6.61 Å². The third-order valence-corrected chi connectivity index (χ3v) is 6.18. The van der Waals surface area contributed by atoms with E-state index < -0.39 is 5.60 Å². The summed E-state index contributed by atoms with van der Waals surface area (Å²) in [7, 11) is 0. The Balaban J connectivity index is 2.35. The maximum atomic E-state index is 10.7. The summed E-state index contributed by atoms with van der Waals surface area (Å²) in [5.41, 5.74) is -0.00909. The van der Waals surface area contributed by atoms with E-state index in [0.29, 0.717) is 11.3 Å². The van der Waals surface area contributed by atoms with E-state index in [0.717, 1.165) is 19.3 Å². The Morgan fingerprint density at radius 3 is 2.33 bits per heavy atom. The fourth-order valence-corrected chi connectivity index (χ4v) is 5.39. The van der Waals surface area contributed by atoms with Crippen LogP contribution < -0.4 is 0 Å². The first-order valence-electron chi connectivity index (χ1n) is 7.57. The maximum Gasteiger partial charge on any atom is 0.0654 e. The standard InChI is InChI=1S/C16H30O2/c1-14(2)8-5-9-15(3)12(14)6-10-16(4,18)13(15)7-11-17/h12-13,17-18H,5-11H2,1-4H3/t12-,13-,15+,16-/m0/s1. The highest BCUT2D eigenvalue weighted by molar-refractivity contribution is 5.07. The maximum absolute atomic E-state index is 10.7. The van der Waals surface area contributed by atoms with Crippen molar-refractivity contribution < 1.29 is 10.2 Å². The number of fused-ring (bicyclic) bond motifs is 1. The lowest BCUT2D eigenvalue weighted by Crippen LogP contribution is -2.57. The molecule has 2 heteroatoms. The van der Waals surface area contributed by atoms with Crippen molar-refractivity contribution >= 4 is 0 Å². The van der Waals surface area contributed by atoms with E-state index >= 15 is 0 Å². The van der Waals surface area contributed by atoms with Gasteiger partial charge in [0.25, 0.3) is 0 Å². The minimum Gasteiger partial charge on any atom is -0.396 e. The molecule has 2 N–H and O–H groups in total. The Morgan fingerprint density at radius 1 is 1.06 bits per heavy atom. The van der Waals surface area contributed by atoms with Gasteiger partial charge in [-0.05, 0) is 61.7 Å². The highest BCUT2D eigenvalue weighted by Gasteiger charge is 2.57. The summed E-state index contributed by atoms with van der Waals surface area (Å²) in [5, 5.41) is 20.1. The normalized spacial score (nSPS) is 47.7. The molecule has 0 radical (unpaired) electrons. The molecule has 0 unspecified atom stereocenters. The van der Waals surface area contributed by atoms with Gasteiger partial charge in [-0.1, -0.05) is 27.2 Å². The summed E-state index contributed by atoms with van der Waals surface area (Å²) < 4.78 is 0. The van der Waals surface area contributed by atoms with Crippen molar-refractivity contribution in [3.8, 4) is 0 Å². The Kier molecular flexibility index (Phi) is 3.57. The van der Waals surface area contributed by atoms with Gasteiger partial charge in [0.05, 0.1) is 5.60 Å². The lowest BCUT2D eigenvalue weighted by atomic mass is 9.45. The number of rotatable bonds is 2. The van der Waals surface area contributed by atoms with Gasteiger partial charge in [0, 0.05) is 6.61 Å². The summed E-state index contributed by atoms with van der Waals surface area (Å²) in [6, 6.07) is 0. The van der Waals surface area contributed by atoms with Crippen molar-refractivity contribution in [3.05, 3.63) is 0 Å². The molecule has 4 atom stereocenters. The monoisotopic (exact) mass is 254 g/mol. The van der Waals surface area contributed by atoms with Crippen LogP contribution in [-0.2, 0) is 0 Å². The first-order valence-corrected chi connectivity index (χ1v) is 7.57. The second kappa shape index (κ2) is 4.49. The van der Waals surface area contributed by atoms with Gasteiger partial charge < -0.3 is 10.2 Å². The summed E-state index contributed by atoms with van der Waals surface area (Å²) in [5.74, 6) is 0.934. The molecular formula is C16H30O2. The predicted molar refractivity (Wildman–Crippen MR) is 74.3 cm³/mol. The Labute approximate surface area is 112 Å². The van der Waals surface area contributed by atoms with E-state index in [1.165, 1.54) is 19.3 Å². The summed E-state index contributed by atoms with van der Waals surface area (Å²) >= 11 is 0. The van der Waals surface area contributed by atoms with Crippen LogP contribution in [0.25, 0.3) is 0 Å². The predicted octanol–water partition coefficient (Wildman–Crippen LogP) is 3.36. The van der Waals surface area contributed by atoms with Crippen molar-refractivity contribution in [2.24, 2.45) is 22.7 Å². The highest BCUT2D eigenvalue weighted by Crippen LogP contribution is 2.62. The third kappa shape index (κ3) is 2.12. The van der Waals surface area contributed by atoms with Gasteiger partial charge in [-0.3, -0.25) is 0 Å². The number of aliphatic hydroxyl groups excluding tert-OH is 1. The molecule has 0 amide bonds. The van der Waals surface area contributed by atoms with Gasteiger partial charge in [-0.15, -0.1) is 0 Å².